The van der Waals surface area contributed by atoms with Crippen molar-refractivity contribution in [3.63, 3.8) is 0 Å². The Balaban J connectivity index is 2.44. The lowest BCUT2D eigenvalue weighted by atomic mass is 9.99. The third-order valence-electron chi connectivity index (χ3n) is 13.8. The van der Waals surface area contributed by atoms with E-state index in [-0.39, 0.29) is 30.3 Å². The van der Waals surface area contributed by atoms with Crippen LogP contribution in [0.4, 0.5) is 0 Å². The highest BCUT2D eigenvalue weighted by molar-refractivity contribution is 5.69. The Morgan fingerprint density at radius 2 is 0.781 bits per heavy atom. The van der Waals surface area contributed by atoms with Crippen LogP contribution in [0.15, 0.2) is 0 Å². The molecule has 380 valence electrons. The van der Waals surface area contributed by atoms with Gasteiger partial charge in [0, 0.05) is 32.2 Å². The molecule has 0 aliphatic carbocycles. The molecule has 1 atom stereocenters. The molecule has 0 saturated carbocycles. The summed E-state index contributed by atoms with van der Waals surface area (Å²) in [5.74, 6) is -0.431. The summed E-state index contributed by atoms with van der Waals surface area (Å²) in [6, 6.07) is 0. The van der Waals surface area contributed by atoms with E-state index in [2.05, 4.69) is 46.7 Å². The van der Waals surface area contributed by atoms with Crippen molar-refractivity contribution in [1.82, 2.24) is 4.90 Å². The number of rotatable bonds is 49. The van der Waals surface area contributed by atoms with Crippen molar-refractivity contribution >= 4 is 11.9 Å². The van der Waals surface area contributed by atoms with Gasteiger partial charge in [0.15, 0.2) is 5.79 Å². The fraction of sp³-hybridized carbons (Fsp3) is 0.965. The Hall–Kier alpha value is -1.18. The van der Waals surface area contributed by atoms with Gasteiger partial charge in [-0.3, -0.25) is 9.59 Å². The van der Waals surface area contributed by atoms with Gasteiger partial charge in [-0.05, 0) is 97.6 Å². The number of hydrogen-bond donors (Lipinski definition) is 0. The molecular weight excluding hydrogens is 795 g/mol. The molecule has 1 aliphatic rings. The van der Waals surface area contributed by atoms with E-state index in [9.17, 15) is 9.59 Å². The smallest absolute Gasteiger partial charge is 0.306 e. The molecule has 7 heteroatoms. The zero-order chi connectivity index (χ0) is 46.6. The molecule has 1 aliphatic heterocycles. The molecule has 1 heterocycles. The molecule has 0 spiro atoms. The predicted molar refractivity (Wildman–Crippen MR) is 273 cm³/mol. The van der Waals surface area contributed by atoms with E-state index in [0.717, 1.165) is 116 Å². The third kappa shape index (κ3) is 36.9. The first-order valence-corrected chi connectivity index (χ1v) is 28.6. The highest BCUT2D eigenvalue weighted by atomic mass is 16.7. The predicted octanol–water partition coefficient (Wildman–Crippen LogP) is 17.3. The molecule has 0 aromatic heterocycles. The lowest BCUT2D eigenvalue weighted by Crippen LogP contribution is -2.31. The topological polar surface area (TPSA) is 74.3 Å². The second kappa shape index (κ2) is 44.3. The lowest BCUT2D eigenvalue weighted by molar-refractivity contribution is -0.180. The van der Waals surface area contributed by atoms with Crippen LogP contribution in [0.5, 0.6) is 0 Å². The summed E-state index contributed by atoms with van der Waals surface area (Å²) in [4.78, 5) is 28.1. The molecule has 1 rings (SSSR count). The van der Waals surface area contributed by atoms with Gasteiger partial charge >= 0.3 is 11.9 Å². The summed E-state index contributed by atoms with van der Waals surface area (Å²) in [6.07, 6.45) is 49.9. The van der Waals surface area contributed by atoms with E-state index < -0.39 is 5.79 Å². The summed E-state index contributed by atoms with van der Waals surface area (Å²) in [5, 5.41) is 0. The van der Waals surface area contributed by atoms with Gasteiger partial charge in [0.05, 0.1) is 12.7 Å². The summed E-state index contributed by atoms with van der Waals surface area (Å²) >= 11 is 0. The molecule has 0 aromatic rings. The van der Waals surface area contributed by atoms with Crippen molar-refractivity contribution in [1.29, 1.82) is 0 Å². The first-order valence-electron chi connectivity index (χ1n) is 28.6. The summed E-state index contributed by atoms with van der Waals surface area (Å²) in [6.45, 7) is 10.8. The van der Waals surface area contributed by atoms with Crippen LogP contribution in [0, 0.1) is 0 Å². The molecule has 0 amide bonds. The number of carbonyl (C=O) groups excluding carboxylic acids is 2. The van der Waals surface area contributed by atoms with Crippen LogP contribution in [0.3, 0.4) is 0 Å². The normalized spacial score (nSPS) is 15.0. The number of hydrogen-bond acceptors (Lipinski definition) is 7. The largest absolute Gasteiger partial charge is 0.462 e. The van der Waals surface area contributed by atoms with Gasteiger partial charge < -0.3 is 23.8 Å². The lowest BCUT2D eigenvalue weighted by Gasteiger charge is -2.29. The Labute approximate surface area is 399 Å². The molecule has 1 unspecified atom stereocenters. The van der Waals surface area contributed by atoms with Crippen LogP contribution in [-0.2, 0) is 28.5 Å². The van der Waals surface area contributed by atoms with E-state index in [1.807, 2.05) is 0 Å². The van der Waals surface area contributed by atoms with Crippen molar-refractivity contribution < 1.29 is 28.5 Å². The Morgan fingerprint density at radius 3 is 1.12 bits per heavy atom. The van der Waals surface area contributed by atoms with E-state index in [1.165, 1.54) is 154 Å². The van der Waals surface area contributed by atoms with Gasteiger partial charge in [0.25, 0.3) is 0 Å². The van der Waals surface area contributed by atoms with E-state index in [1.54, 1.807) is 0 Å². The monoisotopic (exact) mass is 906 g/mol. The second-order valence-corrected chi connectivity index (χ2v) is 20.5. The number of esters is 2. The fourth-order valence-corrected chi connectivity index (χ4v) is 9.56. The van der Waals surface area contributed by atoms with Gasteiger partial charge in [-0.25, -0.2) is 0 Å². The molecule has 1 fully saturated rings. The number of nitrogens with zero attached hydrogens (tertiary/aromatic N) is 1. The maximum atomic E-state index is 12.9. The van der Waals surface area contributed by atoms with Crippen LogP contribution in [0.2, 0.25) is 0 Å². The maximum absolute atomic E-state index is 12.9. The average Bonchev–Trinajstić information content (AvgIpc) is 3.69. The van der Waals surface area contributed by atoms with Gasteiger partial charge in [-0.15, -0.1) is 0 Å². The maximum Gasteiger partial charge on any atom is 0.306 e. The van der Waals surface area contributed by atoms with Gasteiger partial charge in [0.2, 0.25) is 0 Å². The van der Waals surface area contributed by atoms with Gasteiger partial charge in [-0.2, -0.15) is 0 Å². The van der Waals surface area contributed by atoms with Crippen LogP contribution in [0.25, 0.3) is 0 Å². The third-order valence-corrected chi connectivity index (χ3v) is 13.8. The number of carbonyl (C=O) groups is 2. The van der Waals surface area contributed by atoms with Crippen molar-refractivity contribution in [3.8, 4) is 0 Å². The standard InChI is InChI=1S/C57H111NO6/c1-7-11-15-19-25-33-41-52(42-34-26-20-16-12-8-2)62-55(59)45-37-29-23-31-39-48-57(61-51-54(64-57)47-50-58(5)6)49-40-32-24-30-38-46-56(60)63-53(43-35-27-21-17-13-9-3)44-36-28-22-18-14-10-4/h52-54H,7-51H2,1-6H3. The second-order valence-electron chi connectivity index (χ2n) is 20.5. The fourth-order valence-electron chi connectivity index (χ4n) is 9.56. The minimum atomic E-state index is -0.466. The summed E-state index contributed by atoms with van der Waals surface area (Å²) in [7, 11) is 4.25. The van der Waals surface area contributed by atoms with Crippen LogP contribution >= 0.6 is 0 Å². The van der Waals surface area contributed by atoms with Crippen molar-refractivity contribution in [3.05, 3.63) is 0 Å². The molecular formula is C57H111NO6. The average molecular weight is 907 g/mol. The first-order chi connectivity index (χ1) is 31.3. The zero-order valence-electron chi connectivity index (χ0n) is 43.9. The Morgan fingerprint density at radius 1 is 0.469 bits per heavy atom. The van der Waals surface area contributed by atoms with Crippen molar-refractivity contribution in [2.45, 2.75) is 328 Å². The minimum Gasteiger partial charge on any atom is -0.462 e. The minimum absolute atomic E-state index is 0.0172. The SMILES string of the molecule is CCCCCCCCC(CCCCCCCC)OC(=O)CCCCCCCC1(CCCCCCCC(=O)OC(CCCCCCCC)CCCCCCCC)OCC(CCN(C)C)O1. The molecule has 0 aromatic carbocycles. The molecule has 1 saturated heterocycles. The molecule has 0 bridgehead atoms. The van der Waals surface area contributed by atoms with E-state index in [0.29, 0.717) is 19.4 Å². The molecule has 7 nitrogen and oxygen atoms in total. The van der Waals surface area contributed by atoms with Gasteiger partial charge in [-0.1, -0.05) is 195 Å². The number of unbranched alkanes of at least 4 members (excludes halogenated alkanes) is 28. The van der Waals surface area contributed by atoms with E-state index in [4.69, 9.17) is 18.9 Å². The quantitative estimate of drug-likeness (QED) is 0.0445. The summed E-state index contributed by atoms with van der Waals surface area (Å²) < 4.78 is 25.5. The molecule has 0 N–H and O–H groups in total. The zero-order valence-corrected chi connectivity index (χ0v) is 43.9. The van der Waals surface area contributed by atoms with E-state index >= 15 is 0 Å². The van der Waals surface area contributed by atoms with Crippen molar-refractivity contribution in [2.24, 2.45) is 0 Å². The highest BCUT2D eigenvalue weighted by Gasteiger charge is 2.40. The molecule has 0 radical (unpaired) electrons. The van der Waals surface area contributed by atoms with Gasteiger partial charge in [0.1, 0.15) is 12.2 Å². The van der Waals surface area contributed by atoms with Crippen molar-refractivity contribution in [2.75, 3.05) is 27.2 Å². The highest BCUT2D eigenvalue weighted by Crippen LogP contribution is 2.36. The number of ether oxygens (including phenoxy) is 4. The van der Waals surface area contributed by atoms with Crippen LogP contribution in [0.1, 0.15) is 304 Å². The molecule has 64 heavy (non-hydrogen) atoms. The van der Waals surface area contributed by atoms with Crippen LogP contribution in [-0.4, -0.2) is 68.2 Å². The summed E-state index contributed by atoms with van der Waals surface area (Å²) in [5.41, 5.74) is 0. The van der Waals surface area contributed by atoms with Crippen LogP contribution < -0.4 is 0 Å². The Kier molecular flexibility index (Phi) is 42.1. The first kappa shape index (κ1) is 60.8. The Bertz CT molecular complexity index is 924.